The van der Waals surface area contributed by atoms with Gasteiger partial charge in [-0.05, 0) is 54.4 Å². The van der Waals surface area contributed by atoms with Crippen molar-refractivity contribution in [2.75, 3.05) is 10.6 Å². The lowest BCUT2D eigenvalue weighted by Gasteiger charge is -2.14. The molecule has 3 N–H and O–H groups in total. The van der Waals surface area contributed by atoms with Gasteiger partial charge in [-0.15, -0.1) is 0 Å². The molecule has 0 aliphatic heterocycles. The van der Waals surface area contributed by atoms with Gasteiger partial charge in [0.2, 0.25) is 5.91 Å². The first-order valence-corrected chi connectivity index (χ1v) is 10.5. The number of carbonyl (C=O) groups excluding carboxylic acids is 2. The first-order chi connectivity index (χ1) is 16.2. The summed E-state index contributed by atoms with van der Waals surface area (Å²) in [7, 11) is 0. The monoisotopic (exact) mass is 459 g/mol. The maximum Gasteiger partial charge on any atom is 0.336 e. The van der Waals surface area contributed by atoms with Gasteiger partial charge in [-0.25, -0.2) is 9.18 Å². The van der Waals surface area contributed by atoms with Crippen molar-refractivity contribution in [1.82, 2.24) is 4.57 Å². The van der Waals surface area contributed by atoms with Crippen molar-refractivity contribution in [2.45, 2.75) is 20.4 Å². The van der Waals surface area contributed by atoms with E-state index in [1.165, 1.54) is 35.9 Å². The average Bonchev–Trinajstić information content (AvgIpc) is 3.19. The number of nitrogens with zero attached hydrogens (tertiary/aromatic N) is 1. The number of para-hydroxylation sites is 1. The molecule has 3 aromatic carbocycles. The second-order valence-corrected chi connectivity index (χ2v) is 7.89. The minimum absolute atomic E-state index is 0.0417. The van der Waals surface area contributed by atoms with E-state index < -0.39 is 17.7 Å². The summed E-state index contributed by atoms with van der Waals surface area (Å²) in [5.74, 6) is -2.22. The smallest absolute Gasteiger partial charge is 0.336 e. The Morgan fingerprint density at radius 3 is 2.47 bits per heavy atom. The zero-order valence-corrected chi connectivity index (χ0v) is 18.6. The summed E-state index contributed by atoms with van der Waals surface area (Å²) < 4.78 is 14.9. The van der Waals surface area contributed by atoms with E-state index >= 15 is 0 Å². The van der Waals surface area contributed by atoms with Gasteiger partial charge in [0.15, 0.2) is 0 Å². The van der Waals surface area contributed by atoms with Crippen LogP contribution < -0.4 is 10.6 Å². The van der Waals surface area contributed by atoms with Crippen LogP contribution in [0.2, 0.25) is 0 Å². The van der Waals surface area contributed by atoms with Crippen LogP contribution in [0.3, 0.4) is 0 Å². The first-order valence-electron chi connectivity index (χ1n) is 10.5. The minimum Gasteiger partial charge on any atom is -0.478 e. The number of amides is 1. The molecule has 0 radical (unpaired) electrons. The summed E-state index contributed by atoms with van der Waals surface area (Å²) in [4.78, 5) is 37.0. The quantitative estimate of drug-likeness (QED) is 0.363. The summed E-state index contributed by atoms with van der Waals surface area (Å²) in [6.07, 6.45) is 1.48. The van der Waals surface area contributed by atoms with E-state index in [0.717, 1.165) is 0 Å². The van der Waals surface area contributed by atoms with E-state index in [2.05, 4.69) is 10.6 Å². The third kappa shape index (κ3) is 4.52. The van der Waals surface area contributed by atoms with Crippen molar-refractivity contribution < 1.29 is 23.9 Å². The summed E-state index contributed by atoms with van der Waals surface area (Å²) in [6.45, 7) is 3.24. The highest BCUT2D eigenvalue weighted by Crippen LogP contribution is 2.26. The van der Waals surface area contributed by atoms with Gasteiger partial charge in [-0.3, -0.25) is 14.2 Å². The fraction of sp³-hybridized carbons (Fsp3) is 0.115. The van der Waals surface area contributed by atoms with Crippen molar-refractivity contribution in [3.63, 3.8) is 0 Å². The number of rotatable bonds is 6. The van der Waals surface area contributed by atoms with Crippen molar-refractivity contribution in [1.29, 1.82) is 0 Å². The van der Waals surface area contributed by atoms with Gasteiger partial charge >= 0.3 is 5.97 Å². The van der Waals surface area contributed by atoms with Crippen molar-refractivity contribution in [3.05, 3.63) is 94.9 Å². The van der Waals surface area contributed by atoms with Crippen LogP contribution in [-0.2, 0) is 6.54 Å². The Balaban J connectivity index is 1.67. The van der Waals surface area contributed by atoms with E-state index in [1.54, 1.807) is 49.4 Å². The topological polar surface area (TPSA) is 100 Å². The number of anilines is 2. The Kier molecular flexibility index (Phi) is 6.14. The molecule has 172 valence electrons. The molecule has 1 heterocycles. The van der Waals surface area contributed by atoms with Crippen LogP contribution in [0.25, 0.3) is 10.9 Å². The maximum absolute atomic E-state index is 13.5. The number of fused-ring (bicyclic) bond motifs is 1. The predicted molar refractivity (Wildman–Crippen MR) is 128 cm³/mol. The maximum atomic E-state index is 13.5. The van der Waals surface area contributed by atoms with E-state index in [1.807, 2.05) is 0 Å². The zero-order chi connectivity index (χ0) is 24.4. The number of hydrogen-bond donors (Lipinski definition) is 3. The lowest BCUT2D eigenvalue weighted by molar-refractivity contribution is 0.0695. The summed E-state index contributed by atoms with van der Waals surface area (Å²) >= 11 is 0. The number of halogens is 1. The Labute approximate surface area is 194 Å². The van der Waals surface area contributed by atoms with Crippen LogP contribution in [0.4, 0.5) is 15.8 Å². The molecule has 1 amide bonds. The van der Waals surface area contributed by atoms with Gasteiger partial charge in [0.25, 0.3) is 5.91 Å². The minimum atomic E-state index is -1.13. The van der Waals surface area contributed by atoms with E-state index in [9.17, 15) is 23.9 Å². The fourth-order valence-corrected chi connectivity index (χ4v) is 3.84. The molecule has 4 aromatic rings. The second kappa shape index (κ2) is 9.19. The molecule has 0 spiro atoms. The highest BCUT2D eigenvalue weighted by molar-refractivity contribution is 6.14. The molecular formula is C26H22FN3O4. The first kappa shape index (κ1) is 22.7. The third-order valence-corrected chi connectivity index (χ3v) is 5.56. The van der Waals surface area contributed by atoms with Gasteiger partial charge in [-0.2, -0.15) is 0 Å². The van der Waals surface area contributed by atoms with Crippen LogP contribution in [0.15, 0.2) is 66.9 Å². The molecule has 0 saturated carbocycles. The Morgan fingerprint density at radius 2 is 1.76 bits per heavy atom. The molecule has 0 atom stereocenters. The number of carbonyl (C=O) groups is 3. The van der Waals surface area contributed by atoms with Crippen LogP contribution in [0.1, 0.15) is 43.6 Å². The predicted octanol–water partition coefficient (Wildman–Crippen LogP) is 5.31. The number of aromatic carboxylic acids is 1. The summed E-state index contributed by atoms with van der Waals surface area (Å²) in [5.41, 5.74) is 2.81. The number of aromatic nitrogens is 1. The lowest BCUT2D eigenvalue weighted by Crippen LogP contribution is -2.15. The fourth-order valence-electron chi connectivity index (χ4n) is 3.84. The molecule has 0 aliphatic carbocycles. The van der Waals surface area contributed by atoms with Crippen LogP contribution in [0.5, 0.6) is 0 Å². The molecule has 34 heavy (non-hydrogen) atoms. The molecule has 8 heteroatoms. The number of nitrogens with one attached hydrogen (secondary N) is 2. The largest absolute Gasteiger partial charge is 0.478 e. The van der Waals surface area contributed by atoms with Gasteiger partial charge in [0.05, 0.1) is 16.6 Å². The Bertz CT molecular complexity index is 1440. The lowest BCUT2D eigenvalue weighted by atomic mass is 10.0. The third-order valence-electron chi connectivity index (χ3n) is 5.56. The van der Waals surface area contributed by atoms with E-state index in [0.29, 0.717) is 39.0 Å². The van der Waals surface area contributed by atoms with E-state index in [-0.39, 0.29) is 18.0 Å². The molecule has 1 aromatic heterocycles. The normalized spacial score (nSPS) is 10.8. The van der Waals surface area contributed by atoms with Gasteiger partial charge in [-0.1, -0.05) is 24.3 Å². The van der Waals surface area contributed by atoms with Crippen LogP contribution >= 0.6 is 0 Å². The molecular weight excluding hydrogens is 437 g/mol. The summed E-state index contributed by atoms with van der Waals surface area (Å²) in [5, 5.41) is 16.1. The van der Waals surface area contributed by atoms with Crippen molar-refractivity contribution >= 4 is 40.1 Å². The van der Waals surface area contributed by atoms with Gasteiger partial charge in [0.1, 0.15) is 5.82 Å². The number of hydrogen-bond acceptors (Lipinski definition) is 4. The number of carboxylic acid groups (broad SMARTS) is 1. The molecule has 0 bridgehead atoms. The molecule has 0 aliphatic rings. The van der Waals surface area contributed by atoms with Gasteiger partial charge in [0, 0.05) is 36.4 Å². The SMILES string of the molecule is CC(=O)n1cc(C(=O)Nc2cc(CNc3cccc(F)c3)cc(C(=O)O)c2C)c2ccccc21. The highest BCUT2D eigenvalue weighted by atomic mass is 19.1. The molecule has 0 fully saturated rings. The highest BCUT2D eigenvalue weighted by Gasteiger charge is 2.19. The molecule has 0 saturated heterocycles. The Morgan fingerprint density at radius 1 is 1.00 bits per heavy atom. The zero-order valence-electron chi connectivity index (χ0n) is 18.6. The van der Waals surface area contributed by atoms with E-state index in [4.69, 9.17) is 0 Å². The number of benzene rings is 3. The van der Waals surface area contributed by atoms with Crippen LogP contribution in [-0.4, -0.2) is 27.5 Å². The number of carboxylic acids is 1. The standard InChI is InChI=1S/C26H22FN3O4/c1-15-21(26(33)34)10-17(13-28-19-7-5-6-18(27)12-19)11-23(15)29-25(32)22-14-30(16(2)31)24-9-4-3-8-20(22)24/h3-12,14,28H,13H2,1-2H3,(H,29,32)(H,33,34). The average molecular weight is 459 g/mol. The summed E-state index contributed by atoms with van der Waals surface area (Å²) in [6, 6.07) is 16.2. The van der Waals surface area contributed by atoms with Crippen molar-refractivity contribution in [2.24, 2.45) is 0 Å². The molecule has 7 nitrogen and oxygen atoms in total. The van der Waals surface area contributed by atoms with Crippen LogP contribution in [0, 0.1) is 12.7 Å². The molecule has 4 rings (SSSR count). The molecule has 0 unspecified atom stereocenters. The van der Waals surface area contributed by atoms with Crippen molar-refractivity contribution in [3.8, 4) is 0 Å². The van der Waals surface area contributed by atoms with Gasteiger partial charge < -0.3 is 15.7 Å². The second-order valence-electron chi connectivity index (χ2n) is 7.89. The Hall–Kier alpha value is -4.46.